The van der Waals surface area contributed by atoms with Crippen LogP contribution < -0.4 is 16.8 Å². The van der Waals surface area contributed by atoms with E-state index in [4.69, 9.17) is 20.9 Å². The van der Waals surface area contributed by atoms with Gasteiger partial charge in [0, 0.05) is 6.61 Å². The van der Waals surface area contributed by atoms with Crippen molar-refractivity contribution in [3.8, 4) is 0 Å². The number of nitrogens with two attached hydrogens (primary N) is 2. The van der Waals surface area contributed by atoms with Crippen LogP contribution in [0.2, 0.25) is 0 Å². The molecule has 0 unspecified atom stereocenters. The van der Waals surface area contributed by atoms with Gasteiger partial charge in [0.1, 0.15) is 13.2 Å². The molecular formula is C10H17N7O4. The van der Waals surface area contributed by atoms with E-state index in [1.54, 1.807) is 0 Å². The van der Waals surface area contributed by atoms with E-state index >= 15 is 0 Å². The largest absolute Gasteiger partial charge is 0.379 e. The molecule has 2 atom stereocenters. The molecule has 1 aromatic rings. The molecule has 1 aliphatic heterocycles. The van der Waals surface area contributed by atoms with Gasteiger partial charge in [0.2, 0.25) is 17.8 Å². The van der Waals surface area contributed by atoms with Crippen LogP contribution in [0.15, 0.2) is 0 Å². The Bertz CT molecular complexity index is 505. The van der Waals surface area contributed by atoms with Crippen LogP contribution in [0.5, 0.6) is 0 Å². The summed E-state index contributed by atoms with van der Waals surface area (Å²) in [6.07, 6.45) is 0.229. The molecule has 21 heavy (non-hydrogen) atoms. The Morgan fingerprint density at radius 1 is 1.52 bits per heavy atom. The molecule has 0 aliphatic carbocycles. The minimum Gasteiger partial charge on any atom is -0.379 e. The Hall–Kier alpha value is -2.27. The van der Waals surface area contributed by atoms with Gasteiger partial charge >= 0.3 is 0 Å². The number of rotatable bonds is 6. The summed E-state index contributed by atoms with van der Waals surface area (Å²) in [6, 6.07) is -0.372. The van der Waals surface area contributed by atoms with Gasteiger partial charge in [0.15, 0.2) is 0 Å². The molecule has 0 radical (unpaired) electrons. The van der Waals surface area contributed by atoms with Gasteiger partial charge in [-0.05, 0) is 16.8 Å². The standard InChI is InChI=1S/C10H17N7O4/c11-8(18)5-21-7-1-2-20-4-6(7)13-9(19)3-17-10(12)14-15-16-17/h6-7H,1-5H2,(H2,11,18)(H,13,19)(H2,12,14,16)/t6-,7+/m0/s1. The van der Waals surface area contributed by atoms with E-state index in [0.29, 0.717) is 19.6 Å². The average Bonchev–Trinajstić information content (AvgIpc) is 2.83. The molecular weight excluding hydrogens is 282 g/mol. The number of hydrogen-bond acceptors (Lipinski definition) is 8. The van der Waals surface area contributed by atoms with Gasteiger partial charge < -0.3 is 26.3 Å². The number of nitrogens with one attached hydrogen (secondary N) is 1. The number of primary amides is 1. The normalized spacial score (nSPS) is 21.9. The molecule has 0 bridgehead atoms. The topological polar surface area (TPSA) is 160 Å². The summed E-state index contributed by atoms with van der Waals surface area (Å²) in [6.45, 7) is 0.477. The number of tetrazole rings is 1. The van der Waals surface area contributed by atoms with Crippen molar-refractivity contribution in [3.05, 3.63) is 0 Å². The van der Waals surface area contributed by atoms with Crippen LogP contribution in [0.3, 0.4) is 0 Å². The number of nitrogens with zero attached hydrogens (tertiary/aromatic N) is 4. The average molecular weight is 299 g/mol. The highest BCUT2D eigenvalue weighted by molar-refractivity contribution is 5.76. The Morgan fingerprint density at radius 2 is 2.33 bits per heavy atom. The number of carbonyl (C=O) groups is 2. The second kappa shape index (κ2) is 6.95. The zero-order valence-electron chi connectivity index (χ0n) is 11.3. The first kappa shape index (κ1) is 15.1. The van der Waals surface area contributed by atoms with Crippen molar-refractivity contribution in [1.82, 2.24) is 25.5 Å². The van der Waals surface area contributed by atoms with Crippen LogP contribution in [0, 0.1) is 0 Å². The molecule has 116 valence electrons. The summed E-state index contributed by atoms with van der Waals surface area (Å²) in [7, 11) is 0. The van der Waals surface area contributed by atoms with Crippen molar-refractivity contribution in [1.29, 1.82) is 0 Å². The maximum atomic E-state index is 11.9. The fourth-order valence-electron chi connectivity index (χ4n) is 1.95. The zero-order chi connectivity index (χ0) is 15.2. The lowest BCUT2D eigenvalue weighted by Gasteiger charge is -2.31. The van der Waals surface area contributed by atoms with Gasteiger partial charge in [0.25, 0.3) is 0 Å². The molecule has 2 heterocycles. The Morgan fingerprint density at radius 3 is 3.00 bits per heavy atom. The summed E-state index contributed by atoms with van der Waals surface area (Å²) < 4.78 is 11.8. The van der Waals surface area contributed by atoms with E-state index in [1.807, 2.05) is 0 Å². The third kappa shape index (κ3) is 4.36. The van der Waals surface area contributed by atoms with E-state index in [2.05, 4.69) is 20.8 Å². The monoisotopic (exact) mass is 299 g/mol. The molecule has 1 aromatic heterocycles. The van der Waals surface area contributed by atoms with Crippen molar-refractivity contribution >= 4 is 17.8 Å². The summed E-state index contributed by atoms with van der Waals surface area (Å²) in [5, 5.41) is 13.1. The molecule has 2 amide bonds. The fourth-order valence-corrected chi connectivity index (χ4v) is 1.95. The van der Waals surface area contributed by atoms with Crippen LogP contribution in [0.1, 0.15) is 6.42 Å². The third-order valence-electron chi connectivity index (χ3n) is 2.93. The first-order chi connectivity index (χ1) is 10.1. The Labute approximate surface area is 119 Å². The smallest absolute Gasteiger partial charge is 0.243 e. The summed E-state index contributed by atoms with van der Waals surface area (Å²) in [5.41, 5.74) is 10.5. The highest BCUT2D eigenvalue weighted by Gasteiger charge is 2.28. The summed E-state index contributed by atoms with van der Waals surface area (Å²) in [4.78, 5) is 22.7. The van der Waals surface area contributed by atoms with Gasteiger partial charge in [-0.1, -0.05) is 5.10 Å². The SMILES string of the molecule is NC(=O)CO[C@@H]1CCOC[C@@H]1NC(=O)Cn1nnnc1N. The number of hydrogen-bond donors (Lipinski definition) is 3. The van der Waals surface area contributed by atoms with Crippen LogP contribution in [0.25, 0.3) is 0 Å². The van der Waals surface area contributed by atoms with Crippen LogP contribution in [0.4, 0.5) is 5.95 Å². The minimum absolute atomic E-state index is 0.0478. The van der Waals surface area contributed by atoms with Gasteiger partial charge in [-0.2, -0.15) is 0 Å². The number of amides is 2. The molecule has 1 fully saturated rings. The van der Waals surface area contributed by atoms with Gasteiger partial charge in [-0.3, -0.25) is 9.59 Å². The van der Waals surface area contributed by atoms with E-state index < -0.39 is 5.91 Å². The lowest BCUT2D eigenvalue weighted by atomic mass is 10.1. The second-order valence-corrected chi connectivity index (χ2v) is 4.55. The molecule has 1 aliphatic rings. The third-order valence-corrected chi connectivity index (χ3v) is 2.93. The van der Waals surface area contributed by atoms with Crippen molar-refractivity contribution in [2.45, 2.75) is 25.1 Å². The Kier molecular flexibility index (Phi) is 5.00. The Balaban J connectivity index is 1.87. The molecule has 0 saturated carbocycles. The molecule has 0 aromatic carbocycles. The van der Waals surface area contributed by atoms with Crippen LogP contribution >= 0.6 is 0 Å². The number of carbonyl (C=O) groups excluding carboxylic acids is 2. The summed E-state index contributed by atoms with van der Waals surface area (Å²) in [5.74, 6) is -0.850. The van der Waals surface area contributed by atoms with E-state index in [9.17, 15) is 9.59 Å². The first-order valence-electron chi connectivity index (χ1n) is 6.35. The fraction of sp³-hybridized carbons (Fsp3) is 0.700. The van der Waals surface area contributed by atoms with Crippen molar-refractivity contribution in [2.24, 2.45) is 5.73 Å². The van der Waals surface area contributed by atoms with Gasteiger partial charge in [-0.25, -0.2) is 4.68 Å². The highest BCUT2D eigenvalue weighted by atomic mass is 16.5. The quantitative estimate of drug-likeness (QED) is 0.501. The van der Waals surface area contributed by atoms with Crippen molar-refractivity contribution in [2.75, 3.05) is 25.6 Å². The number of nitrogen functional groups attached to an aromatic ring is 1. The molecule has 11 nitrogen and oxygen atoms in total. The number of ether oxygens (including phenoxy) is 2. The molecule has 2 rings (SSSR count). The maximum absolute atomic E-state index is 11.9. The predicted molar refractivity (Wildman–Crippen MR) is 68.5 cm³/mol. The van der Waals surface area contributed by atoms with Crippen LogP contribution in [-0.4, -0.2) is 64.0 Å². The molecule has 11 heteroatoms. The zero-order valence-corrected chi connectivity index (χ0v) is 11.3. The van der Waals surface area contributed by atoms with E-state index in [1.165, 1.54) is 0 Å². The minimum atomic E-state index is -0.562. The highest BCUT2D eigenvalue weighted by Crippen LogP contribution is 2.12. The summed E-state index contributed by atoms with van der Waals surface area (Å²) >= 11 is 0. The number of aromatic nitrogens is 4. The van der Waals surface area contributed by atoms with Gasteiger partial charge in [0.05, 0.1) is 18.8 Å². The van der Waals surface area contributed by atoms with Crippen molar-refractivity contribution < 1.29 is 19.1 Å². The second-order valence-electron chi connectivity index (χ2n) is 4.55. The first-order valence-corrected chi connectivity index (χ1v) is 6.35. The lowest BCUT2D eigenvalue weighted by Crippen LogP contribution is -2.51. The lowest BCUT2D eigenvalue weighted by molar-refractivity contribution is -0.131. The van der Waals surface area contributed by atoms with E-state index in [-0.39, 0.29) is 37.2 Å². The molecule has 5 N–H and O–H groups in total. The predicted octanol–water partition coefficient (Wildman–Crippen LogP) is -2.97. The number of anilines is 1. The van der Waals surface area contributed by atoms with Crippen molar-refractivity contribution in [3.63, 3.8) is 0 Å². The van der Waals surface area contributed by atoms with Gasteiger partial charge in [-0.15, -0.1) is 0 Å². The van der Waals surface area contributed by atoms with E-state index in [0.717, 1.165) is 4.68 Å². The van der Waals surface area contributed by atoms with Crippen LogP contribution in [-0.2, 0) is 25.6 Å². The maximum Gasteiger partial charge on any atom is 0.243 e. The molecule has 1 saturated heterocycles. The molecule has 0 spiro atoms.